The van der Waals surface area contributed by atoms with E-state index in [1.807, 2.05) is 6.07 Å². The molecule has 0 aliphatic carbocycles. The molecule has 0 bridgehead atoms. The van der Waals surface area contributed by atoms with Gasteiger partial charge in [-0.2, -0.15) is 0 Å². The van der Waals surface area contributed by atoms with Crippen LogP contribution in [0.5, 0.6) is 5.75 Å². The third-order valence-electron chi connectivity index (χ3n) is 2.35. The Morgan fingerprint density at radius 1 is 1.16 bits per heavy atom. The number of thioether (sulfide) groups is 1. The summed E-state index contributed by atoms with van der Waals surface area (Å²) in [6.45, 7) is 0. The number of hydrogen-bond donors (Lipinski definition) is 2. The van der Waals surface area contributed by atoms with Gasteiger partial charge in [0, 0.05) is 15.6 Å². The van der Waals surface area contributed by atoms with E-state index < -0.39 is 0 Å². The molecule has 3 nitrogen and oxygen atoms in total. The van der Waals surface area contributed by atoms with Gasteiger partial charge in [-0.25, -0.2) is 0 Å². The largest absolute Gasteiger partial charge is 0.507 e. The number of halogens is 1. The molecule has 0 aromatic heterocycles. The molecule has 2 rings (SSSR count). The van der Waals surface area contributed by atoms with Gasteiger partial charge in [-0.05, 0) is 36.4 Å². The highest BCUT2D eigenvalue weighted by Gasteiger charge is 2.06. The maximum absolute atomic E-state index is 11.7. The van der Waals surface area contributed by atoms with Gasteiger partial charge in [0.15, 0.2) is 0 Å². The number of aromatic hydroxyl groups is 1. The van der Waals surface area contributed by atoms with E-state index in [0.717, 1.165) is 0 Å². The minimum absolute atomic E-state index is 0.129. The second-order valence-corrected chi connectivity index (χ2v) is 5.27. The van der Waals surface area contributed by atoms with E-state index in [1.54, 1.807) is 42.5 Å². The van der Waals surface area contributed by atoms with Crippen molar-refractivity contribution in [2.75, 3.05) is 11.1 Å². The molecule has 0 atom stereocenters. The molecule has 0 saturated carbocycles. The smallest absolute Gasteiger partial charge is 0.234 e. The summed E-state index contributed by atoms with van der Waals surface area (Å²) >= 11 is 7.05. The molecule has 19 heavy (non-hydrogen) atoms. The fourth-order valence-corrected chi connectivity index (χ4v) is 2.33. The Hall–Kier alpha value is -1.65. The monoisotopic (exact) mass is 293 g/mol. The third-order valence-corrected chi connectivity index (χ3v) is 3.67. The number of carbonyl (C=O) groups is 1. The van der Waals surface area contributed by atoms with Crippen molar-refractivity contribution in [3.05, 3.63) is 53.6 Å². The van der Waals surface area contributed by atoms with Crippen LogP contribution >= 0.6 is 23.4 Å². The number of nitrogens with one attached hydrogen (secondary N) is 1. The number of phenols is 1. The van der Waals surface area contributed by atoms with Gasteiger partial charge in [0.1, 0.15) is 5.75 Å². The summed E-state index contributed by atoms with van der Waals surface area (Å²) in [5.41, 5.74) is 0.701. The van der Waals surface area contributed by atoms with Crippen molar-refractivity contribution >= 4 is 35.0 Å². The third kappa shape index (κ3) is 4.19. The number of phenolic OH excluding ortho intramolecular Hbond substituents is 1. The quantitative estimate of drug-likeness (QED) is 0.844. The number of carbonyl (C=O) groups excluding carboxylic acids is 1. The van der Waals surface area contributed by atoms with Crippen molar-refractivity contribution in [2.45, 2.75) is 4.90 Å². The molecule has 2 aromatic rings. The summed E-state index contributed by atoms with van der Waals surface area (Å²) < 4.78 is 0. The van der Waals surface area contributed by atoms with Crippen LogP contribution in [-0.2, 0) is 4.79 Å². The average Bonchev–Trinajstić information content (AvgIpc) is 2.40. The predicted octanol–water partition coefficient (Wildman–Crippen LogP) is 3.78. The van der Waals surface area contributed by atoms with E-state index in [-0.39, 0.29) is 17.4 Å². The Bertz CT molecular complexity index is 572. The first-order valence-electron chi connectivity index (χ1n) is 5.61. The summed E-state index contributed by atoms with van der Waals surface area (Å²) in [5, 5.41) is 13.0. The summed E-state index contributed by atoms with van der Waals surface area (Å²) in [6.07, 6.45) is 0. The van der Waals surface area contributed by atoms with Gasteiger partial charge in [-0.1, -0.05) is 23.7 Å². The first-order valence-corrected chi connectivity index (χ1v) is 6.98. The Morgan fingerprint density at radius 2 is 1.84 bits per heavy atom. The highest BCUT2D eigenvalue weighted by Crippen LogP contribution is 2.27. The Kier molecular flexibility index (Phi) is 4.71. The number of benzene rings is 2. The zero-order chi connectivity index (χ0) is 13.7. The van der Waals surface area contributed by atoms with Crippen LogP contribution < -0.4 is 5.32 Å². The molecule has 0 saturated heterocycles. The van der Waals surface area contributed by atoms with E-state index in [4.69, 9.17) is 11.6 Å². The summed E-state index contributed by atoms with van der Waals surface area (Å²) in [5.74, 6) is 0.294. The SMILES string of the molecule is O=C(CSc1ccccc1O)Nc1ccc(Cl)cc1. The van der Waals surface area contributed by atoms with Gasteiger partial charge in [0.25, 0.3) is 0 Å². The van der Waals surface area contributed by atoms with E-state index in [2.05, 4.69) is 5.32 Å². The number of amides is 1. The van der Waals surface area contributed by atoms with Gasteiger partial charge in [0.05, 0.1) is 5.75 Å². The topological polar surface area (TPSA) is 49.3 Å². The highest BCUT2D eigenvalue weighted by atomic mass is 35.5. The Labute approximate surface area is 120 Å². The van der Waals surface area contributed by atoms with Gasteiger partial charge in [0.2, 0.25) is 5.91 Å². The van der Waals surface area contributed by atoms with Crippen LogP contribution in [0.1, 0.15) is 0 Å². The summed E-state index contributed by atoms with van der Waals surface area (Å²) in [6, 6.07) is 13.8. The highest BCUT2D eigenvalue weighted by molar-refractivity contribution is 8.00. The Morgan fingerprint density at radius 3 is 2.53 bits per heavy atom. The average molecular weight is 294 g/mol. The van der Waals surface area contributed by atoms with Gasteiger partial charge in [-0.3, -0.25) is 4.79 Å². The minimum Gasteiger partial charge on any atom is -0.507 e. The maximum Gasteiger partial charge on any atom is 0.234 e. The second-order valence-electron chi connectivity index (χ2n) is 3.81. The van der Waals surface area contributed by atoms with Gasteiger partial charge >= 0.3 is 0 Å². The Balaban J connectivity index is 1.88. The first kappa shape index (κ1) is 13.8. The number of para-hydroxylation sites is 1. The van der Waals surface area contributed by atoms with E-state index in [1.165, 1.54) is 11.8 Å². The fourth-order valence-electron chi connectivity index (χ4n) is 1.45. The lowest BCUT2D eigenvalue weighted by Crippen LogP contribution is -2.13. The molecule has 0 aliphatic rings. The fraction of sp³-hybridized carbons (Fsp3) is 0.0714. The minimum atomic E-state index is -0.129. The van der Waals surface area contributed by atoms with Crippen LogP contribution in [0, 0.1) is 0 Å². The van der Waals surface area contributed by atoms with Crippen LogP contribution in [0.3, 0.4) is 0 Å². The molecule has 2 N–H and O–H groups in total. The number of hydrogen-bond acceptors (Lipinski definition) is 3. The molecule has 0 aliphatic heterocycles. The van der Waals surface area contributed by atoms with Crippen LogP contribution in [0.15, 0.2) is 53.4 Å². The van der Waals surface area contributed by atoms with Crippen molar-refractivity contribution in [1.82, 2.24) is 0 Å². The first-order chi connectivity index (χ1) is 9.15. The van der Waals surface area contributed by atoms with Gasteiger partial charge < -0.3 is 10.4 Å². The van der Waals surface area contributed by atoms with Crippen LogP contribution in [-0.4, -0.2) is 16.8 Å². The summed E-state index contributed by atoms with van der Waals surface area (Å²) in [4.78, 5) is 12.4. The lowest BCUT2D eigenvalue weighted by atomic mass is 10.3. The van der Waals surface area contributed by atoms with E-state index >= 15 is 0 Å². The molecule has 98 valence electrons. The standard InChI is InChI=1S/C14H12ClNO2S/c15-10-5-7-11(8-6-10)16-14(18)9-19-13-4-2-1-3-12(13)17/h1-8,17H,9H2,(H,16,18). The molecule has 0 unspecified atom stereocenters. The maximum atomic E-state index is 11.7. The van der Waals surface area contributed by atoms with Gasteiger partial charge in [-0.15, -0.1) is 11.8 Å². The number of anilines is 1. The van der Waals surface area contributed by atoms with E-state index in [9.17, 15) is 9.90 Å². The normalized spacial score (nSPS) is 10.2. The molecular formula is C14H12ClNO2S. The van der Waals surface area contributed by atoms with Crippen molar-refractivity contribution in [2.24, 2.45) is 0 Å². The van der Waals surface area contributed by atoms with Crippen molar-refractivity contribution in [3.8, 4) is 5.75 Å². The van der Waals surface area contributed by atoms with Crippen molar-refractivity contribution in [3.63, 3.8) is 0 Å². The lowest BCUT2D eigenvalue weighted by molar-refractivity contribution is -0.113. The summed E-state index contributed by atoms with van der Waals surface area (Å²) in [7, 11) is 0. The van der Waals surface area contributed by atoms with Crippen LogP contribution in [0.25, 0.3) is 0 Å². The van der Waals surface area contributed by atoms with E-state index in [0.29, 0.717) is 15.6 Å². The predicted molar refractivity (Wildman–Crippen MR) is 78.9 cm³/mol. The zero-order valence-electron chi connectivity index (χ0n) is 9.97. The molecular weight excluding hydrogens is 282 g/mol. The van der Waals surface area contributed by atoms with Crippen LogP contribution in [0.4, 0.5) is 5.69 Å². The molecule has 0 heterocycles. The van der Waals surface area contributed by atoms with Crippen molar-refractivity contribution < 1.29 is 9.90 Å². The van der Waals surface area contributed by atoms with Crippen LogP contribution in [0.2, 0.25) is 5.02 Å². The number of rotatable bonds is 4. The molecule has 1 amide bonds. The molecule has 0 spiro atoms. The lowest BCUT2D eigenvalue weighted by Gasteiger charge is -2.06. The molecule has 0 fully saturated rings. The second kappa shape index (κ2) is 6.50. The molecule has 0 radical (unpaired) electrons. The molecule has 2 aromatic carbocycles. The zero-order valence-corrected chi connectivity index (χ0v) is 11.5. The molecule has 5 heteroatoms. The van der Waals surface area contributed by atoms with Crippen molar-refractivity contribution in [1.29, 1.82) is 0 Å².